The first-order chi connectivity index (χ1) is 36.0. The second-order valence-electron chi connectivity index (χ2n) is 19.2. The van der Waals surface area contributed by atoms with Crippen LogP contribution in [0.3, 0.4) is 0 Å². The number of carbonyl (C=O) groups excluding carboxylic acids is 3. The van der Waals surface area contributed by atoms with E-state index in [2.05, 4.69) is 154 Å². The molecule has 0 aliphatic carbocycles. The number of carbonyl (C=O) groups is 3. The Bertz CT molecular complexity index is 1580. The second-order valence-corrected chi connectivity index (χ2v) is 19.2. The van der Waals surface area contributed by atoms with Crippen LogP contribution in [0.25, 0.3) is 0 Å². The molecule has 0 saturated carbocycles. The molecule has 0 saturated heterocycles. The van der Waals surface area contributed by atoms with Crippen LogP contribution in [-0.4, -0.2) is 37.2 Å². The molecule has 6 nitrogen and oxygen atoms in total. The van der Waals surface area contributed by atoms with E-state index in [0.29, 0.717) is 19.3 Å². The number of ether oxygens (including phenoxy) is 3. The maximum absolute atomic E-state index is 12.7. The zero-order valence-corrected chi connectivity index (χ0v) is 47.1. The standard InChI is InChI=1S/C67H108O6/c1-4-7-10-13-15-17-19-21-23-24-25-26-27-28-29-30-31-32-33-34-35-36-37-38-39-40-41-42-44-45-47-49-51-54-57-60-66(69)72-63-64(62-71-65(68)59-56-53-12-9-6-3)73-67(70)61-58-55-52-50-48-46-43-22-20-18-16-14-11-8-5-2/h7,10,15,17,21-23,25-26,28-29,31-32,34-35,37-38,40-41,43-45,64H,4-6,8-9,11-14,16,18-20,24,27,30,33,36,39,42,46-63H2,1-3H3/b10-7-,17-15-,23-21-,26-25-,29-28-,32-31-,35-34-,38-37-,41-40-,43-22-,45-44-. The van der Waals surface area contributed by atoms with Crippen LogP contribution < -0.4 is 0 Å². The van der Waals surface area contributed by atoms with E-state index in [1.807, 2.05) is 0 Å². The van der Waals surface area contributed by atoms with Crippen molar-refractivity contribution in [1.82, 2.24) is 0 Å². The number of hydrogen-bond acceptors (Lipinski definition) is 6. The van der Waals surface area contributed by atoms with Gasteiger partial charge < -0.3 is 14.2 Å². The minimum Gasteiger partial charge on any atom is -0.462 e. The summed E-state index contributed by atoms with van der Waals surface area (Å²) in [6.07, 6.45) is 85.0. The quantitative estimate of drug-likeness (QED) is 0.0261. The number of allylic oxidation sites excluding steroid dienone is 22. The van der Waals surface area contributed by atoms with Crippen LogP contribution in [0.1, 0.15) is 252 Å². The van der Waals surface area contributed by atoms with Crippen molar-refractivity contribution in [3.05, 3.63) is 134 Å². The normalized spacial score (nSPS) is 13.1. The third-order valence-electron chi connectivity index (χ3n) is 12.1. The van der Waals surface area contributed by atoms with E-state index in [9.17, 15) is 14.4 Å². The summed E-state index contributed by atoms with van der Waals surface area (Å²) in [6.45, 7) is 6.39. The van der Waals surface area contributed by atoms with Crippen molar-refractivity contribution < 1.29 is 28.6 Å². The van der Waals surface area contributed by atoms with Gasteiger partial charge in [-0.15, -0.1) is 0 Å². The summed E-state index contributed by atoms with van der Waals surface area (Å²) in [5, 5.41) is 0. The maximum Gasteiger partial charge on any atom is 0.306 e. The van der Waals surface area contributed by atoms with E-state index in [0.717, 1.165) is 161 Å². The predicted molar refractivity (Wildman–Crippen MR) is 316 cm³/mol. The monoisotopic (exact) mass is 1010 g/mol. The van der Waals surface area contributed by atoms with Crippen molar-refractivity contribution >= 4 is 17.9 Å². The first-order valence-electron chi connectivity index (χ1n) is 29.7. The fraction of sp³-hybridized carbons (Fsp3) is 0.627. The minimum atomic E-state index is -0.792. The Labute approximate surface area is 449 Å². The Morgan fingerprint density at radius 1 is 0.288 bits per heavy atom. The van der Waals surface area contributed by atoms with Gasteiger partial charge >= 0.3 is 17.9 Å². The van der Waals surface area contributed by atoms with Gasteiger partial charge in [0.15, 0.2) is 6.10 Å². The van der Waals surface area contributed by atoms with E-state index >= 15 is 0 Å². The smallest absolute Gasteiger partial charge is 0.306 e. The van der Waals surface area contributed by atoms with Crippen molar-refractivity contribution in [3.63, 3.8) is 0 Å². The molecule has 0 radical (unpaired) electrons. The highest BCUT2D eigenvalue weighted by Gasteiger charge is 2.19. The fourth-order valence-corrected chi connectivity index (χ4v) is 7.70. The predicted octanol–water partition coefficient (Wildman–Crippen LogP) is 20.2. The average Bonchev–Trinajstić information content (AvgIpc) is 3.39. The van der Waals surface area contributed by atoms with E-state index in [1.165, 1.54) is 51.4 Å². The Kier molecular flexibility index (Phi) is 56.4. The van der Waals surface area contributed by atoms with Crippen molar-refractivity contribution in [2.75, 3.05) is 13.2 Å². The van der Waals surface area contributed by atoms with Crippen LogP contribution in [0.15, 0.2) is 134 Å². The van der Waals surface area contributed by atoms with Crippen LogP contribution in [0.2, 0.25) is 0 Å². The molecule has 1 atom stereocenters. The second kappa shape index (κ2) is 60.1. The molecule has 0 rings (SSSR count). The molecular weight excluding hydrogens is 901 g/mol. The van der Waals surface area contributed by atoms with Gasteiger partial charge in [-0.2, -0.15) is 0 Å². The van der Waals surface area contributed by atoms with Gasteiger partial charge in [0.25, 0.3) is 0 Å². The highest BCUT2D eigenvalue weighted by molar-refractivity contribution is 5.71. The summed E-state index contributed by atoms with van der Waals surface area (Å²) in [7, 11) is 0. The summed E-state index contributed by atoms with van der Waals surface area (Å²) in [6, 6.07) is 0. The van der Waals surface area contributed by atoms with Crippen molar-refractivity contribution in [3.8, 4) is 0 Å². The van der Waals surface area contributed by atoms with Crippen LogP contribution in [0.4, 0.5) is 0 Å². The first-order valence-corrected chi connectivity index (χ1v) is 29.7. The van der Waals surface area contributed by atoms with E-state index in [-0.39, 0.29) is 31.1 Å². The van der Waals surface area contributed by atoms with E-state index < -0.39 is 6.10 Å². The molecule has 0 aromatic rings. The third kappa shape index (κ3) is 58.3. The van der Waals surface area contributed by atoms with Gasteiger partial charge in [-0.05, 0) is 122 Å². The van der Waals surface area contributed by atoms with Gasteiger partial charge in [-0.3, -0.25) is 14.4 Å². The molecule has 1 unspecified atom stereocenters. The summed E-state index contributed by atoms with van der Waals surface area (Å²) in [4.78, 5) is 37.8. The lowest BCUT2D eigenvalue weighted by Crippen LogP contribution is -2.30. The molecule has 73 heavy (non-hydrogen) atoms. The van der Waals surface area contributed by atoms with Crippen LogP contribution >= 0.6 is 0 Å². The molecule has 0 aliphatic rings. The fourth-order valence-electron chi connectivity index (χ4n) is 7.70. The average molecular weight is 1010 g/mol. The first kappa shape index (κ1) is 68.6. The lowest BCUT2D eigenvalue weighted by Gasteiger charge is -2.18. The van der Waals surface area contributed by atoms with Crippen LogP contribution in [0, 0.1) is 0 Å². The molecule has 412 valence electrons. The van der Waals surface area contributed by atoms with Gasteiger partial charge in [-0.25, -0.2) is 0 Å². The van der Waals surface area contributed by atoms with Gasteiger partial charge in [0, 0.05) is 19.3 Å². The summed E-state index contributed by atoms with van der Waals surface area (Å²) >= 11 is 0. The number of esters is 3. The summed E-state index contributed by atoms with van der Waals surface area (Å²) in [5.74, 6) is -0.946. The number of unbranched alkanes of at least 4 members (excludes halogenated alkanes) is 19. The summed E-state index contributed by atoms with van der Waals surface area (Å²) in [5.41, 5.74) is 0. The molecule has 0 aromatic carbocycles. The van der Waals surface area contributed by atoms with Crippen molar-refractivity contribution in [1.29, 1.82) is 0 Å². The Balaban J connectivity index is 4.14. The Morgan fingerprint density at radius 2 is 0.534 bits per heavy atom. The van der Waals surface area contributed by atoms with Crippen molar-refractivity contribution in [2.24, 2.45) is 0 Å². The SMILES string of the molecule is CC/C=C\C/C=C\C/C=C\C/C=C\C/C=C\C/C=C\C/C=C\C/C=C\C/C=C\C/C=C\CCCCCCC(=O)OCC(COC(=O)CCCCCCC)OC(=O)CCCCCCC/C=C\CCCCCCCC. The third-order valence-corrected chi connectivity index (χ3v) is 12.1. The molecule has 0 fully saturated rings. The topological polar surface area (TPSA) is 78.9 Å². The molecule has 0 N–H and O–H groups in total. The van der Waals surface area contributed by atoms with Gasteiger partial charge in [-0.1, -0.05) is 244 Å². The molecule has 0 amide bonds. The zero-order chi connectivity index (χ0) is 52.9. The van der Waals surface area contributed by atoms with Gasteiger partial charge in [0.05, 0.1) is 0 Å². The Morgan fingerprint density at radius 3 is 0.849 bits per heavy atom. The molecule has 0 spiro atoms. The lowest BCUT2D eigenvalue weighted by atomic mass is 10.1. The van der Waals surface area contributed by atoms with Crippen molar-refractivity contribution in [2.45, 2.75) is 258 Å². The largest absolute Gasteiger partial charge is 0.462 e. The molecule has 0 aromatic heterocycles. The van der Waals surface area contributed by atoms with E-state index in [1.54, 1.807) is 0 Å². The molecule has 0 heterocycles. The maximum atomic E-state index is 12.7. The highest BCUT2D eigenvalue weighted by Crippen LogP contribution is 2.13. The molecule has 0 aliphatic heterocycles. The molecular formula is C67H108O6. The van der Waals surface area contributed by atoms with E-state index in [4.69, 9.17) is 14.2 Å². The zero-order valence-electron chi connectivity index (χ0n) is 47.1. The van der Waals surface area contributed by atoms with Crippen LogP contribution in [-0.2, 0) is 28.6 Å². The molecule has 0 bridgehead atoms. The van der Waals surface area contributed by atoms with Gasteiger partial charge in [0.1, 0.15) is 13.2 Å². The van der Waals surface area contributed by atoms with Gasteiger partial charge in [0.2, 0.25) is 0 Å². The minimum absolute atomic E-state index is 0.0926. The highest BCUT2D eigenvalue weighted by atomic mass is 16.6. The molecule has 6 heteroatoms. The Hall–Kier alpha value is -4.45. The summed E-state index contributed by atoms with van der Waals surface area (Å²) < 4.78 is 16.7. The number of hydrogen-bond donors (Lipinski definition) is 0. The number of rotatable bonds is 52. The lowest BCUT2D eigenvalue weighted by molar-refractivity contribution is -0.167. The van der Waals surface area contributed by atoms with Crippen LogP contribution in [0.5, 0.6) is 0 Å².